The van der Waals surface area contributed by atoms with Crippen molar-refractivity contribution in [1.29, 1.82) is 0 Å². The van der Waals surface area contributed by atoms with Gasteiger partial charge < -0.3 is 15.1 Å². The van der Waals surface area contributed by atoms with Crippen molar-refractivity contribution >= 4 is 18.0 Å². The molecule has 5 nitrogen and oxygen atoms in total. The number of carboxylic acid groups (broad SMARTS) is 2. The van der Waals surface area contributed by atoms with Gasteiger partial charge in [0.25, 0.3) is 0 Å². The van der Waals surface area contributed by atoms with Crippen LogP contribution < -0.4 is 0 Å². The first-order valence-corrected chi connectivity index (χ1v) is 6.41. The Hall–Kier alpha value is -2.14. The van der Waals surface area contributed by atoms with Crippen molar-refractivity contribution < 1.29 is 19.8 Å². The lowest BCUT2D eigenvalue weighted by Crippen LogP contribution is -2.22. The van der Waals surface area contributed by atoms with Crippen LogP contribution in [0.25, 0.3) is 6.08 Å². The van der Waals surface area contributed by atoms with E-state index in [2.05, 4.69) is 55.2 Å². The number of benzene rings is 1. The molecule has 0 heterocycles. The molecule has 20 heavy (non-hydrogen) atoms. The Labute approximate surface area is 119 Å². The van der Waals surface area contributed by atoms with Crippen LogP contribution in [0.3, 0.4) is 0 Å². The summed E-state index contributed by atoms with van der Waals surface area (Å²) in [4.78, 5) is 20.6. The van der Waals surface area contributed by atoms with Crippen molar-refractivity contribution in [2.45, 2.75) is 13.8 Å². The molecular weight excluding hydrogens is 258 g/mol. The van der Waals surface area contributed by atoms with Gasteiger partial charge in [0.1, 0.15) is 0 Å². The lowest BCUT2D eigenvalue weighted by Gasteiger charge is -2.14. The summed E-state index contributed by atoms with van der Waals surface area (Å²) in [6, 6.07) is 10.4. The van der Waals surface area contributed by atoms with Crippen molar-refractivity contribution in [3.05, 3.63) is 42.0 Å². The summed E-state index contributed by atoms with van der Waals surface area (Å²) in [5, 5.41) is 14.8. The van der Waals surface area contributed by atoms with E-state index in [1.165, 1.54) is 5.56 Å². The van der Waals surface area contributed by atoms with Crippen molar-refractivity contribution in [2.24, 2.45) is 0 Å². The number of nitrogens with zero attached hydrogens (tertiary/aromatic N) is 1. The smallest absolute Gasteiger partial charge is 0.414 e. The van der Waals surface area contributed by atoms with E-state index in [4.69, 9.17) is 19.8 Å². The van der Waals surface area contributed by atoms with Crippen molar-refractivity contribution in [2.75, 3.05) is 19.6 Å². The Morgan fingerprint density at radius 2 is 1.55 bits per heavy atom. The summed E-state index contributed by atoms with van der Waals surface area (Å²) >= 11 is 0. The Kier molecular flexibility index (Phi) is 9.60. The van der Waals surface area contributed by atoms with Gasteiger partial charge in [-0.1, -0.05) is 56.3 Å². The molecular formula is C15H21NO4. The molecule has 0 spiro atoms. The summed E-state index contributed by atoms with van der Waals surface area (Å²) in [5.74, 6) is -3.65. The third kappa shape index (κ3) is 8.88. The van der Waals surface area contributed by atoms with E-state index in [0.29, 0.717) is 0 Å². The van der Waals surface area contributed by atoms with Gasteiger partial charge in [0, 0.05) is 6.54 Å². The second-order valence-electron chi connectivity index (χ2n) is 3.91. The zero-order valence-electron chi connectivity index (χ0n) is 11.8. The zero-order valence-corrected chi connectivity index (χ0v) is 11.8. The van der Waals surface area contributed by atoms with E-state index >= 15 is 0 Å². The van der Waals surface area contributed by atoms with E-state index in [0.717, 1.165) is 19.6 Å². The van der Waals surface area contributed by atoms with Gasteiger partial charge in [-0.05, 0) is 18.7 Å². The third-order valence-electron chi connectivity index (χ3n) is 2.55. The van der Waals surface area contributed by atoms with E-state index in [-0.39, 0.29) is 0 Å². The molecule has 5 heteroatoms. The van der Waals surface area contributed by atoms with Crippen LogP contribution in [0.4, 0.5) is 0 Å². The Balaban J connectivity index is 0.000000511. The number of likely N-dealkylation sites (N-methyl/N-ethyl adjacent to an activating group) is 1. The number of rotatable bonds is 5. The van der Waals surface area contributed by atoms with Gasteiger partial charge in [-0.2, -0.15) is 0 Å². The van der Waals surface area contributed by atoms with Crippen LogP contribution >= 0.6 is 0 Å². The molecule has 0 atom stereocenters. The summed E-state index contributed by atoms with van der Waals surface area (Å²) in [6.07, 6.45) is 4.40. The second kappa shape index (κ2) is 10.8. The maximum absolute atomic E-state index is 9.10. The monoisotopic (exact) mass is 279 g/mol. The molecule has 0 aromatic heterocycles. The van der Waals surface area contributed by atoms with E-state index in [9.17, 15) is 0 Å². The first-order valence-electron chi connectivity index (χ1n) is 6.41. The number of aliphatic carboxylic acids is 2. The quantitative estimate of drug-likeness (QED) is 0.808. The topological polar surface area (TPSA) is 77.8 Å². The van der Waals surface area contributed by atoms with E-state index < -0.39 is 11.9 Å². The molecule has 1 aromatic carbocycles. The van der Waals surface area contributed by atoms with Crippen LogP contribution in [0.2, 0.25) is 0 Å². The molecule has 2 N–H and O–H groups in total. The standard InChI is InChI=1S/C13H19N.C2H2O4/c1-3-14(4-2)12-8-11-13-9-6-5-7-10-13;3-1(4)2(5)6/h5-11H,3-4,12H2,1-2H3;(H,3,4)(H,5,6). The number of carboxylic acids is 2. The number of hydrogen-bond donors (Lipinski definition) is 2. The van der Waals surface area contributed by atoms with Crippen LogP contribution in [-0.4, -0.2) is 46.7 Å². The van der Waals surface area contributed by atoms with Gasteiger partial charge in [0.05, 0.1) is 0 Å². The van der Waals surface area contributed by atoms with Gasteiger partial charge in [0.15, 0.2) is 0 Å². The molecule has 1 aromatic rings. The van der Waals surface area contributed by atoms with Crippen molar-refractivity contribution in [1.82, 2.24) is 4.90 Å². The molecule has 0 radical (unpaired) electrons. The first kappa shape index (κ1) is 17.9. The maximum atomic E-state index is 9.10. The lowest BCUT2D eigenvalue weighted by molar-refractivity contribution is -0.159. The maximum Gasteiger partial charge on any atom is 0.414 e. The minimum absolute atomic E-state index is 1.04. The largest absolute Gasteiger partial charge is 0.473 e. The van der Waals surface area contributed by atoms with Crippen LogP contribution in [-0.2, 0) is 9.59 Å². The first-order chi connectivity index (χ1) is 9.51. The van der Waals surface area contributed by atoms with Crippen LogP contribution in [0.5, 0.6) is 0 Å². The van der Waals surface area contributed by atoms with Gasteiger partial charge in [-0.15, -0.1) is 0 Å². The van der Waals surface area contributed by atoms with Gasteiger partial charge in [-0.3, -0.25) is 0 Å². The summed E-state index contributed by atoms with van der Waals surface area (Å²) in [7, 11) is 0. The number of carbonyl (C=O) groups is 2. The fourth-order valence-electron chi connectivity index (χ4n) is 1.38. The molecule has 0 bridgehead atoms. The molecule has 110 valence electrons. The lowest BCUT2D eigenvalue weighted by atomic mass is 10.2. The predicted molar refractivity (Wildman–Crippen MR) is 78.5 cm³/mol. The molecule has 0 aliphatic heterocycles. The molecule has 1 rings (SSSR count). The normalized spacial score (nSPS) is 10.2. The number of hydrogen-bond acceptors (Lipinski definition) is 3. The van der Waals surface area contributed by atoms with E-state index in [1.807, 2.05) is 6.07 Å². The van der Waals surface area contributed by atoms with Crippen molar-refractivity contribution in [3.63, 3.8) is 0 Å². The highest BCUT2D eigenvalue weighted by Gasteiger charge is 2.04. The molecule has 0 unspecified atom stereocenters. The molecule has 0 saturated carbocycles. The molecule has 0 aliphatic carbocycles. The van der Waals surface area contributed by atoms with Crippen molar-refractivity contribution in [3.8, 4) is 0 Å². The molecule has 0 saturated heterocycles. The van der Waals surface area contributed by atoms with Gasteiger partial charge in [0.2, 0.25) is 0 Å². The van der Waals surface area contributed by atoms with Crippen LogP contribution in [0.15, 0.2) is 36.4 Å². The predicted octanol–water partition coefficient (Wildman–Crippen LogP) is 2.20. The highest BCUT2D eigenvalue weighted by molar-refractivity contribution is 6.27. The fraction of sp³-hybridized carbons (Fsp3) is 0.333. The van der Waals surface area contributed by atoms with E-state index in [1.54, 1.807) is 0 Å². The Morgan fingerprint density at radius 3 is 1.95 bits per heavy atom. The highest BCUT2D eigenvalue weighted by Crippen LogP contribution is 2.01. The minimum atomic E-state index is -1.82. The zero-order chi connectivity index (χ0) is 15.4. The molecule has 0 aliphatic rings. The fourth-order valence-corrected chi connectivity index (χ4v) is 1.38. The summed E-state index contributed by atoms with van der Waals surface area (Å²) in [5.41, 5.74) is 1.28. The minimum Gasteiger partial charge on any atom is -0.473 e. The third-order valence-corrected chi connectivity index (χ3v) is 2.55. The Morgan fingerprint density at radius 1 is 1.05 bits per heavy atom. The SMILES string of the molecule is CCN(CC)CC=Cc1ccccc1.O=C(O)C(=O)O. The summed E-state index contributed by atoms with van der Waals surface area (Å²) < 4.78 is 0. The average Bonchev–Trinajstić information content (AvgIpc) is 2.45. The molecule has 0 fully saturated rings. The Bertz CT molecular complexity index is 413. The summed E-state index contributed by atoms with van der Waals surface area (Å²) in [6.45, 7) is 7.67. The molecule has 0 amide bonds. The van der Waals surface area contributed by atoms with Crippen LogP contribution in [0.1, 0.15) is 19.4 Å². The highest BCUT2D eigenvalue weighted by atomic mass is 16.4. The van der Waals surface area contributed by atoms with Crippen LogP contribution in [0, 0.1) is 0 Å². The average molecular weight is 279 g/mol. The second-order valence-corrected chi connectivity index (χ2v) is 3.91. The van der Waals surface area contributed by atoms with Gasteiger partial charge >= 0.3 is 11.9 Å². The van der Waals surface area contributed by atoms with Gasteiger partial charge in [-0.25, -0.2) is 9.59 Å².